The highest BCUT2D eigenvalue weighted by Gasteiger charge is 2.39. The van der Waals surface area contributed by atoms with Crippen LogP contribution < -0.4 is 11.0 Å². The molecule has 1 unspecified atom stereocenters. The molecule has 1 atom stereocenters. The van der Waals surface area contributed by atoms with Gasteiger partial charge in [0.05, 0.1) is 10.9 Å². The molecule has 0 radical (unpaired) electrons. The number of aromatic nitrogens is 4. The van der Waals surface area contributed by atoms with E-state index in [0.29, 0.717) is 16.6 Å². The monoisotopic (exact) mass is 423 g/mol. The maximum Gasteiger partial charge on any atom is 0.435 e. The number of carbonyl (C=O) groups excluding carboxylic acids is 1. The van der Waals surface area contributed by atoms with E-state index in [1.54, 1.807) is 24.3 Å². The van der Waals surface area contributed by atoms with Gasteiger partial charge in [0.15, 0.2) is 10.5 Å². The number of para-hydroxylation sites is 1. The summed E-state index contributed by atoms with van der Waals surface area (Å²) >= 11 is 5.14. The van der Waals surface area contributed by atoms with Crippen LogP contribution in [0.15, 0.2) is 35.1 Å². The summed E-state index contributed by atoms with van der Waals surface area (Å²) in [6.45, 7) is 1.42. The Balaban J connectivity index is 1.68. The second-order valence-corrected chi connectivity index (χ2v) is 7.33. The fraction of sp³-hybridized carbons (Fsp3) is 0.333. The number of nitrogens with zero attached hydrogens (tertiary/aromatic N) is 3. The van der Waals surface area contributed by atoms with E-state index >= 15 is 0 Å². The van der Waals surface area contributed by atoms with Crippen LogP contribution >= 0.6 is 12.2 Å². The van der Waals surface area contributed by atoms with Crippen LogP contribution in [-0.2, 0) is 11.0 Å². The van der Waals surface area contributed by atoms with E-state index in [9.17, 15) is 22.8 Å². The number of alkyl halides is 3. The van der Waals surface area contributed by atoms with Crippen molar-refractivity contribution in [3.8, 4) is 0 Å². The van der Waals surface area contributed by atoms with Gasteiger partial charge in [-0.05, 0) is 50.2 Å². The zero-order chi connectivity index (χ0) is 20.9. The van der Waals surface area contributed by atoms with Gasteiger partial charge in [-0.15, -0.1) is 0 Å². The molecule has 11 heteroatoms. The predicted molar refractivity (Wildman–Crippen MR) is 102 cm³/mol. The largest absolute Gasteiger partial charge is 0.435 e. The maximum absolute atomic E-state index is 13.1. The average Bonchev–Trinajstić information content (AvgIpc) is 3.41. The number of benzene rings is 1. The molecule has 1 aliphatic rings. The fourth-order valence-corrected chi connectivity index (χ4v) is 3.36. The third kappa shape index (κ3) is 3.57. The molecule has 29 heavy (non-hydrogen) atoms. The first-order chi connectivity index (χ1) is 13.7. The third-order valence-electron chi connectivity index (χ3n) is 4.82. The summed E-state index contributed by atoms with van der Waals surface area (Å²) < 4.78 is 41.2. The topological polar surface area (TPSA) is 84.7 Å². The maximum atomic E-state index is 13.1. The first-order valence-corrected chi connectivity index (χ1v) is 9.29. The molecular weight excluding hydrogens is 407 g/mol. The Bertz CT molecular complexity index is 1220. The third-order valence-corrected chi connectivity index (χ3v) is 5.11. The summed E-state index contributed by atoms with van der Waals surface area (Å²) in [5.41, 5.74) is 1.68. The van der Waals surface area contributed by atoms with Crippen molar-refractivity contribution in [1.82, 2.24) is 19.4 Å². The molecule has 2 aromatic heterocycles. The van der Waals surface area contributed by atoms with E-state index in [2.05, 4.69) is 15.5 Å². The molecule has 152 valence electrons. The summed E-state index contributed by atoms with van der Waals surface area (Å²) in [4.78, 5) is 28.2. The predicted octanol–water partition coefficient (Wildman–Crippen LogP) is 3.48. The van der Waals surface area contributed by atoms with E-state index in [1.165, 1.54) is 6.92 Å². The first kappa shape index (κ1) is 19.4. The molecule has 2 N–H and O–H groups in total. The minimum Gasteiger partial charge on any atom is -0.330 e. The Morgan fingerprint density at radius 1 is 1.34 bits per heavy atom. The Hall–Kier alpha value is -2.95. The Morgan fingerprint density at radius 3 is 2.69 bits per heavy atom. The highest BCUT2D eigenvalue weighted by Crippen LogP contribution is 2.42. The molecule has 0 bridgehead atoms. The van der Waals surface area contributed by atoms with Crippen molar-refractivity contribution in [2.45, 2.75) is 37.9 Å². The molecule has 0 aliphatic heterocycles. The van der Waals surface area contributed by atoms with Gasteiger partial charge in [-0.3, -0.25) is 19.7 Å². The molecule has 4 rings (SSSR count). The minimum atomic E-state index is -4.61. The lowest BCUT2D eigenvalue weighted by Gasteiger charge is -2.17. The normalized spacial score (nSPS) is 15.4. The van der Waals surface area contributed by atoms with Gasteiger partial charge in [0.2, 0.25) is 0 Å². The lowest BCUT2D eigenvalue weighted by Crippen LogP contribution is -2.38. The lowest BCUT2D eigenvalue weighted by atomic mass is 10.2. The van der Waals surface area contributed by atoms with Crippen molar-refractivity contribution in [3.05, 3.63) is 56.8 Å². The summed E-state index contributed by atoms with van der Waals surface area (Å²) in [5, 5.41) is 3.92. The number of halogens is 3. The van der Waals surface area contributed by atoms with Gasteiger partial charge >= 0.3 is 6.18 Å². The number of H-pyrrole nitrogens is 1. The Morgan fingerprint density at radius 2 is 2.03 bits per heavy atom. The van der Waals surface area contributed by atoms with Gasteiger partial charge in [-0.1, -0.05) is 12.1 Å². The second-order valence-electron chi connectivity index (χ2n) is 6.94. The van der Waals surface area contributed by atoms with E-state index in [-0.39, 0.29) is 10.7 Å². The van der Waals surface area contributed by atoms with Crippen LogP contribution in [-0.4, -0.2) is 25.3 Å². The Labute approximate surface area is 167 Å². The van der Waals surface area contributed by atoms with Crippen LogP contribution in [0, 0.1) is 4.77 Å². The zero-order valence-corrected chi connectivity index (χ0v) is 16.0. The van der Waals surface area contributed by atoms with Crippen molar-refractivity contribution >= 4 is 29.0 Å². The number of hydrogen-bond donors (Lipinski definition) is 2. The molecule has 1 aliphatic carbocycles. The van der Waals surface area contributed by atoms with E-state index in [4.69, 9.17) is 12.2 Å². The molecule has 1 saturated carbocycles. The highest BCUT2D eigenvalue weighted by atomic mass is 32.1. The molecule has 1 fully saturated rings. The van der Waals surface area contributed by atoms with Crippen molar-refractivity contribution in [2.75, 3.05) is 5.43 Å². The van der Waals surface area contributed by atoms with Crippen LogP contribution in [0.25, 0.3) is 10.9 Å². The molecule has 0 saturated heterocycles. The molecule has 3 aromatic rings. The zero-order valence-electron chi connectivity index (χ0n) is 15.2. The van der Waals surface area contributed by atoms with Gasteiger partial charge in [-0.25, -0.2) is 0 Å². The second kappa shape index (κ2) is 6.83. The Kier molecular flexibility index (Phi) is 4.56. The van der Waals surface area contributed by atoms with Crippen molar-refractivity contribution in [3.63, 3.8) is 0 Å². The number of fused-ring (bicyclic) bond motifs is 1. The summed E-state index contributed by atoms with van der Waals surface area (Å²) in [6, 6.07) is 6.55. The van der Waals surface area contributed by atoms with E-state index in [0.717, 1.165) is 28.3 Å². The summed E-state index contributed by atoms with van der Waals surface area (Å²) in [5.74, 6) is -0.763. The molecule has 1 aromatic carbocycles. The van der Waals surface area contributed by atoms with Gasteiger partial charge in [0, 0.05) is 11.6 Å². The number of aromatic amines is 1. The summed E-state index contributed by atoms with van der Waals surface area (Å²) in [6.07, 6.45) is -3.12. The SMILES string of the molecule is CC(C(=O)Nn1c(=S)[nH]c2ccccc2c1=O)n1nc(C(F)(F)F)cc1C1CC1. The van der Waals surface area contributed by atoms with E-state index in [1.807, 2.05) is 0 Å². The number of nitrogens with one attached hydrogen (secondary N) is 2. The molecule has 0 spiro atoms. The molecule has 7 nitrogen and oxygen atoms in total. The van der Waals surface area contributed by atoms with Crippen LogP contribution in [0.5, 0.6) is 0 Å². The fourth-order valence-electron chi connectivity index (χ4n) is 3.12. The highest BCUT2D eigenvalue weighted by molar-refractivity contribution is 7.71. The molecular formula is C18H16F3N5O2S. The number of hydrogen-bond acceptors (Lipinski definition) is 4. The van der Waals surface area contributed by atoms with Gasteiger partial charge in [0.1, 0.15) is 6.04 Å². The van der Waals surface area contributed by atoms with Crippen LogP contribution in [0.2, 0.25) is 0 Å². The van der Waals surface area contributed by atoms with E-state index < -0.39 is 29.4 Å². The lowest BCUT2D eigenvalue weighted by molar-refractivity contribution is -0.141. The average molecular weight is 423 g/mol. The summed E-state index contributed by atoms with van der Waals surface area (Å²) in [7, 11) is 0. The smallest absolute Gasteiger partial charge is 0.330 e. The first-order valence-electron chi connectivity index (χ1n) is 8.88. The number of amides is 1. The van der Waals surface area contributed by atoms with Crippen LogP contribution in [0.1, 0.15) is 43.1 Å². The number of rotatable bonds is 4. The van der Waals surface area contributed by atoms with Crippen molar-refractivity contribution in [2.24, 2.45) is 0 Å². The van der Waals surface area contributed by atoms with Crippen molar-refractivity contribution < 1.29 is 18.0 Å². The van der Waals surface area contributed by atoms with Gasteiger partial charge in [-0.2, -0.15) is 22.9 Å². The standard InChI is InChI=1S/C18H16F3N5O2S/c1-9(25-13(10-6-7-10)8-14(23-25)18(19,20)21)15(27)24-26-16(28)11-4-2-3-5-12(11)22-17(26)29/h2-5,8-10H,6-7H2,1H3,(H,22,29)(H,24,27). The van der Waals surface area contributed by atoms with Gasteiger partial charge < -0.3 is 4.98 Å². The molecule has 2 heterocycles. The van der Waals surface area contributed by atoms with Crippen LogP contribution in [0.4, 0.5) is 13.2 Å². The van der Waals surface area contributed by atoms with Gasteiger partial charge in [0.25, 0.3) is 11.5 Å². The number of carbonyl (C=O) groups is 1. The molecule has 1 amide bonds. The van der Waals surface area contributed by atoms with Crippen LogP contribution in [0.3, 0.4) is 0 Å². The minimum absolute atomic E-state index is 0.0342. The quantitative estimate of drug-likeness (QED) is 0.630. The van der Waals surface area contributed by atoms with Crippen molar-refractivity contribution in [1.29, 1.82) is 0 Å².